The molecule has 1 aromatic rings. The standard InChI is InChI=1S/C17H27FN2/c1-4-20(16-7-5-15(18)6-8-16)17(12-19)10-9-13(2)11-14(17)3/h5-8,13-14H,4,9-12,19H2,1-3H3. The molecule has 3 atom stereocenters. The molecule has 3 heteroatoms. The fourth-order valence-electron chi connectivity index (χ4n) is 3.87. The van der Waals surface area contributed by atoms with E-state index in [-0.39, 0.29) is 11.4 Å². The van der Waals surface area contributed by atoms with E-state index in [0.29, 0.717) is 12.5 Å². The Balaban J connectivity index is 2.34. The number of hydrogen-bond acceptors (Lipinski definition) is 2. The molecule has 1 aromatic carbocycles. The predicted molar refractivity (Wildman–Crippen MR) is 83.4 cm³/mol. The van der Waals surface area contributed by atoms with Gasteiger partial charge in [-0.2, -0.15) is 0 Å². The summed E-state index contributed by atoms with van der Waals surface area (Å²) >= 11 is 0. The fourth-order valence-corrected chi connectivity index (χ4v) is 3.87. The Bertz CT molecular complexity index is 431. The molecule has 1 aliphatic carbocycles. The van der Waals surface area contributed by atoms with Gasteiger partial charge in [0.15, 0.2) is 0 Å². The molecule has 0 aromatic heterocycles. The fraction of sp³-hybridized carbons (Fsp3) is 0.647. The van der Waals surface area contributed by atoms with Crippen molar-refractivity contribution in [3.05, 3.63) is 30.1 Å². The van der Waals surface area contributed by atoms with E-state index < -0.39 is 0 Å². The second kappa shape index (κ2) is 6.13. The molecular weight excluding hydrogens is 251 g/mol. The van der Waals surface area contributed by atoms with Crippen molar-refractivity contribution in [1.29, 1.82) is 0 Å². The molecule has 0 aliphatic heterocycles. The van der Waals surface area contributed by atoms with Crippen LogP contribution in [0.1, 0.15) is 40.0 Å². The number of nitrogens with zero attached hydrogens (tertiary/aromatic N) is 1. The van der Waals surface area contributed by atoms with Gasteiger partial charge in [-0.05, 0) is 62.3 Å². The number of nitrogens with two attached hydrogens (primary N) is 1. The van der Waals surface area contributed by atoms with Gasteiger partial charge in [-0.25, -0.2) is 4.39 Å². The number of halogens is 1. The van der Waals surface area contributed by atoms with Crippen LogP contribution in [0.2, 0.25) is 0 Å². The van der Waals surface area contributed by atoms with Gasteiger partial charge in [0.05, 0.1) is 5.54 Å². The zero-order valence-corrected chi connectivity index (χ0v) is 12.9. The summed E-state index contributed by atoms with van der Waals surface area (Å²) in [6, 6.07) is 6.83. The number of hydrogen-bond donors (Lipinski definition) is 1. The summed E-state index contributed by atoms with van der Waals surface area (Å²) in [6.07, 6.45) is 3.56. The lowest BCUT2D eigenvalue weighted by Gasteiger charge is -2.52. The summed E-state index contributed by atoms with van der Waals surface area (Å²) in [5, 5.41) is 0. The van der Waals surface area contributed by atoms with Crippen LogP contribution in [-0.4, -0.2) is 18.6 Å². The van der Waals surface area contributed by atoms with Crippen molar-refractivity contribution in [2.75, 3.05) is 18.0 Å². The van der Waals surface area contributed by atoms with Crippen LogP contribution in [0.25, 0.3) is 0 Å². The first-order valence-corrected chi connectivity index (χ1v) is 7.76. The van der Waals surface area contributed by atoms with Gasteiger partial charge in [-0.15, -0.1) is 0 Å². The van der Waals surface area contributed by atoms with Crippen LogP contribution in [-0.2, 0) is 0 Å². The normalized spacial score (nSPS) is 30.2. The van der Waals surface area contributed by atoms with Crippen molar-refractivity contribution >= 4 is 5.69 Å². The molecule has 0 bridgehead atoms. The summed E-state index contributed by atoms with van der Waals surface area (Å²) in [4.78, 5) is 2.39. The van der Waals surface area contributed by atoms with Crippen molar-refractivity contribution in [2.45, 2.75) is 45.6 Å². The minimum Gasteiger partial charge on any atom is -0.365 e. The Morgan fingerprint density at radius 3 is 2.45 bits per heavy atom. The third-order valence-corrected chi connectivity index (χ3v) is 5.09. The maximum atomic E-state index is 13.2. The first kappa shape index (κ1) is 15.3. The first-order chi connectivity index (χ1) is 9.53. The van der Waals surface area contributed by atoms with Crippen molar-refractivity contribution in [2.24, 2.45) is 17.6 Å². The van der Waals surface area contributed by atoms with E-state index in [1.807, 2.05) is 12.1 Å². The van der Waals surface area contributed by atoms with Gasteiger partial charge in [0.1, 0.15) is 5.82 Å². The molecule has 0 amide bonds. The molecule has 112 valence electrons. The average molecular weight is 278 g/mol. The van der Waals surface area contributed by atoms with Crippen molar-refractivity contribution in [1.82, 2.24) is 0 Å². The summed E-state index contributed by atoms with van der Waals surface area (Å²) in [5.41, 5.74) is 7.30. The Morgan fingerprint density at radius 1 is 1.30 bits per heavy atom. The Kier molecular flexibility index (Phi) is 4.69. The molecule has 0 radical (unpaired) electrons. The molecule has 2 nitrogen and oxygen atoms in total. The van der Waals surface area contributed by atoms with Crippen molar-refractivity contribution in [3.8, 4) is 0 Å². The maximum Gasteiger partial charge on any atom is 0.123 e. The number of anilines is 1. The van der Waals surface area contributed by atoms with Crippen molar-refractivity contribution < 1.29 is 4.39 Å². The molecule has 1 aliphatic rings. The third-order valence-electron chi connectivity index (χ3n) is 5.09. The van der Waals surface area contributed by atoms with E-state index in [0.717, 1.165) is 24.6 Å². The van der Waals surface area contributed by atoms with Gasteiger partial charge in [0, 0.05) is 18.8 Å². The highest BCUT2D eigenvalue weighted by Gasteiger charge is 2.43. The summed E-state index contributed by atoms with van der Waals surface area (Å²) in [7, 11) is 0. The van der Waals surface area contributed by atoms with E-state index in [1.54, 1.807) is 12.1 Å². The van der Waals surface area contributed by atoms with Gasteiger partial charge in [0.25, 0.3) is 0 Å². The van der Waals surface area contributed by atoms with Crippen LogP contribution in [0.15, 0.2) is 24.3 Å². The summed E-state index contributed by atoms with van der Waals surface area (Å²) in [6.45, 7) is 8.36. The lowest BCUT2D eigenvalue weighted by Crippen LogP contribution is -2.60. The van der Waals surface area contributed by atoms with Crippen LogP contribution in [0.4, 0.5) is 10.1 Å². The molecule has 2 rings (SSSR count). The Labute approximate surface area is 122 Å². The highest BCUT2D eigenvalue weighted by molar-refractivity contribution is 5.49. The van der Waals surface area contributed by atoms with Crippen LogP contribution < -0.4 is 10.6 Å². The number of likely N-dealkylation sites (N-methyl/N-ethyl adjacent to an activating group) is 1. The predicted octanol–water partition coefficient (Wildman–Crippen LogP) is 3.81. The smallest absolute Gasteiger partial charge is 0.123 e. The van der Waals surface area contributed by atoms with E-state index in [1.165, 1.54) is 12.8 Å². The van der Waals surface area contributed by atoms with E-state index in [4.69, 9.17) is 5.73 Å². The van der Waals surface area contributed by atoms with Gasteiger partial charge in [0.2, 0.25) is 0 Å². The highest BCUT2D eigenvalue weighted by Crippen LogP contribution is 2.42. The minimum absolute atomic E-state index is 0.0130. The monoisotopic (exact) mass is 278 g/mol. The molecule has 0 heterocycles. The highest BCUT2D eigenvalue weighted by atomic mass is 19.1. The molecule has 0 spiro atoms. The molecular formula is C17H27FN2. The van der Waals surface area contributed by atoms with E-state index in [2.05, 4.69) is 25.7 Å². The molecule has 1 saturated carbocycles. The molecule has 3 unspecified atom stereocenters. The number of rotatable bonds is 4. The molecule has 1 fully saturated rings. The molecule has 0 saturated heterocycles. The quantitative estimate of drug-likeness (QED) is 0.907. The largest absolute Gasteiger partial charge is 0.365 e. The van der Waals surface area contributed by atoms with Crippen molar-refractivity contribution in [3.63, 3.8) is 0 Å². The van der Waals surface area contributed by atoms with Crippen LogP contribution >= 0.6 is 0 Å². The lowest BCUT2D eigenvalue weighted by atomic mass is 9.68. The van der Waals surface area contributed by atoms with Crippen LogP contribution in [0, 0.1) is 17.7 Å². The zero-order valence-electron chi connectivity index (χ0n) is 12.9. The molecule has 2 N–H and O–H groups in total. The average Bonchev–Trinajstić information content (AvgIpc) is 2.44. The Hall–Kier alpha value is -1.09. The second-order valence-corrected chi connectivity index (χ2v) is 6.31. The second-order valence-electron chi connectivity index (χ2n) is 6.31. The van der Waals surface area contributed by atoms with Gasteiger partial charge < -0.3 is 10.6 Å². The topological polar surface area (TPSA) is 29.3 Å². The SMILES string of the molecule is CCN(c1ccc(F)cc1)C1(CN)CCC(C)CC1C. The molecule has 20 heavy (non-hydrogen) atoms. The number of benzene rings is 1. The van der Waals surface area contributed by atoms with Crippen LogP contribution in [0.3, 0.4) is 0 Å². The lowest BCUT2D eigenvalue weighted by molar-refractivity contribution is 0.160. The summed E-state index contributed by atoms with van der Waals surface area (Å²) in [5.74, 6) is 1.15. The van der Waals surface area contributed by atoms with Crippen LogP contribution in [0.5, 0.6) is 0 Å². The maximum absolute atomic E-state index is 13.2. The first-order valence-electron chi connectivity index (χ1n) is 7.76. The minimum atomic E-state index is -0.183. The van der Waals surface area contributed by atoms with E-state index in [9.17, 15) is 4.39 Å². The zero-order chi connectivity index (χ0) is 14.8. The van der Waals surface area contributed by atoms with Gasteiger partial charge >= 0.3 is 0 Å². The van der Waals surface area contributed by atoms with E-state index >= 15 is 0 Å². The van der Waals surface area contributed by atoms with Gasteiger partial charge in [-0.1, -0.05) is 13.8 Å². The van der Waals surface area contributed by atoms with Gasteiger partial charge in [-0.3, -0.25) is 0 Å². The third kappa shape index (κ3) is 2.69. The summed E-state index contributed by atoms with van der Waals surface area (Å²) < 4.78 is 13.2. The Morgan fingerprint density at radius 2 is 1.95 bits per heavy atom.